The molecule has 1 fully saturated rings. The topological polar surface area (TPSA) is 38.1 Å². The van der Waals surface area contributed by atoms with Gasteiger partial charge in [-0.2, -0.15) is 5.10 Å². The molecule has 1 aliphatic heterocycles. The highest BCUT2D eigenvalue weighted by Gasteiger charge is 2.23. The summed E-state index contributed by atoms with van der Waals surface area (Å²) in [6, 6.07) is 0.421. The Kier molecular flexibility index (Phi) is 4.18. The fourth-order valence-electron chi connectivity index (χ4n) is 2.50. The molecule has 2 rings (SSSR count). The van der Waals surface area contributed by atoms with Crippen LogP contribution in [0.15, 0.2) is 18.5 Å². The Morgan fingerprint density at radius 1 is 1.56 bits per heavy atom. The van der Waals surface area contributed by atoms with Crippen LogP contribution in [0.25, 0.3) is 6.08 Å². The minimum atomic E-state index is 0.130. The van der Waals surface area contributed by atoms with Gasteiger partial charge < -0.3 is 4.90 Å². The number of nitrogens with zero attached hydrogens (tertiary/aromatic N) is 3. The van der Waals surface area contributed by atoms with Crippen LogP contribution in [0, 0.1) is 0 Å². The van der Waals surface area contributed by atoms with Gasteiger partial charge in [0.2, 0.25) is 5.91 Å². The Bertz CT molecular complexity index is 436. The summed E-state index contributed by atoms with van der Waals surface area (Å²) >= 11 is 0. The predicted octanol–water partition coefficient (Wildman–Crippen LogP) is 2.22. The molecule has 0 spiro atoms. The highest BCUT2D eigenvalue weighted by atomic mass is 16.2. The van der Waals surface area contributed by atoms with Crippen LogP contribution in [0.5, 0.6) is 0 Å². The summed E-state index contributed by atoms with van der Waals surface area (Å²) < 4.78 is 1.74. The number of carbonyl (C=O) groups excluding carboxylic acids is 1. The van der Waals surface area contributed by atoms with Crippen molar-refractivity contribution >= 4 is 12.0 Å². The zero-order chi connectivity index (χ0) is 13.0. The zero-order valence-electron chi connectivity index (χ0n) is 11.2. The maximum Gasteiger partial charge on any atom is 0.246 e. The number of aromatic nitrogens is 2. The average Bonchev–Trinajstić information content (AvgIpc) is 2.81. The van der Waals surface area contributed by atoms with Crippen LogP contribution < -0.4 is 0 Å². The van der Waals surface area contributed by atoms with Gasteiger partial charge in [-0.3, -0.25) is 9.48 Å². The fourth-order valence-corrected chi connectivity index (χ4v) is 2.50. The second-order valence-electron chi connectivity index (χ2n) is 4.87. The standard InChI is InChI=1S/C14H21N3O/c1-3-13-6-4-5-9-17(13)14(18)8-7-12-10-15-16(2)11-12/h7-8,10-11,13H,3-6,9H2,1-2H3/b8-7-/t13-/m1/s1. The monoisotopic (exact) mass is 247 g/mol. The molecule has 18 heavy (non-hydrogen) atoms. The molecule has 4 nitrogen and oxygen atoms in total. The first-order valence-corrected chi connectivity index (χ1v) is 6.68. The van der Waals surface area contributed by atoms with Crippen LogP contribution >= 0.6 is 0 Å². The lowest BCUT2D eigenvalue weighted by Gasteiger charge is -2.34. The molecule has 0 aliphatic carbocycles. The van der Waals surface area contributed by atoms with Crippen LogP contribution in [-0.4, -0.2) is 33.2 Å². The fraction of sp³-hybridized carbons (Fsp3) is 0.571. The number of rotatable bonds is 3. The molecule has 0 radical (unpaired) electrons. The summed E-state index contributed by atoms with van der Waals surface area (Å²) in [4.78, 5) is 14.2. The van der Waals surface area contributed by atoms with Crippen molar-refractivity contribution in [2.45, 2.75) is 38.6 Å². The Morgan fingerprint density at radius 3 is 3.06 bits per heavy atom. The van der Waals surface area contributed by atoms with Crippen LogP contribution in [0.2, 0.25) is 0 Å². The van der Waals surface area contributed by atoms with E-state index in [0.29, 0.717) is 6.04 Å². The average molecular weight is 247 g/mol. The van der Waals surface area contributed by atoms with E-state index in [4.69, 9.17) is 0 Å². The van der Waals surface area contributed by atoms with Gasteiger partial charge in [-0.05, 0) is 31.8 Å². The van der Waals surface area contributed by atoms with E-state index in [2.05, 4.69) is 12.0 Å². The largest absolute Gasteiger partial charge is 0.336 e. The molecule has 2 heterocycles. The van der Waals surface area contributed by atoms with Crippen LogP contribution in [-0.2, 0) is 11.8 Å². The van der Waals surface area contributed by atoms with Crippen molar-refractivity contribution in [3.63, 3.8) is 0 Å². The molecule has 0 unspecified atom stereocenters. The predicted molar refractivity (Wildman–Crippen MR) is 71.9 cm³/mol. The molecule has 1 amide bonds. The lowest BCUT2D eigenvalue weighted by atomic mass is 10.00. The van der Waals surface area contributed by atoms with Crippen molar-refractivity contribution in [3.8, 4) is 0 Å². The summed E-state index contributed by atoms with van der Waals surface area (Å²) in [7, 11) is 1.87. The van der Waals surface area contributed by atoms with Gasteiger partial charge in [0, 0.05) is 37.5 Å². The molecule has 1 atom stereocenters. The van der Waals surface area contributed by atoms with Crippen LogP contribution in [0.1, 0.15) is 38.2 Å². The first-order chi connectivity index (χ1) is 8.70. The van der Waals surface area contributed by atoms with Crippen molar-refractivity contribution in [2.24, 2.45) is 7.05 Å². The first kappa shape index (κ1) is 12.9. The Labute approximate surface area is 108 Å². The summed E-state index contributed by atoms with van der Waals surface area (Å²) in [5.41, 5.74) is 0.968. The molecule has 1 saturated heterocycles. The molecule has 0 bridgehead atoms. The van der Waals surface area contributed by atoms with Gasteiger partial charge in [0.15, 0.2) is 0 Å². The summed E-state index contributed by atoms with van der Waals surface area (Å²) in [6.07, 6.45) is 11.7. The van der Waals surface area contributed by atoms with Crippen LogP contribution in [0.4, 0.5) is 0 Å². The number of hydrogen-bond donors (Lipinski definition) is 0. The molecule has 0 N–H and O–H groups in total. The minimum absolute atomic E-state index is 0.130. The molecule has 4 heteroatoms. The zero-order valence-corrected chi connectivity index (χ0v) is 11.2. The van der Waals surface area contributed by atoms with Crippen LogP contribution in [0.3, 0.4) is 0 Å². The van der Waals surface area contributed by atoms with Gasteiger partial charge in [-0.1, -0.05) is 6.92 Å². The molecule has 98 valence electrons. The number of hydrogen-bond acceptors (Lipinski definition) is 2. The van der Waals surface area contributed by atoms with Gasteiger partial charge in [0.25, 0.3) is 0 Å². The quantitative estimate of drug-likeness (QED) is 0.768. The van der Waals surface area contributed by atoms with E-state index >= 15 is 0 Å². The maximum absolute atomic E-state index is 12.2. The smallest absolute Gasteiger partial charge is 0.246 e. The Morgan fingerprint density at radius 2 is 2.39 bits per heavy atom. The van der Waals surface area contributed by atoms with E-state index < -0.39 is 0 Å². The van der Waals surface area contributed by atoms with Gasteiger partial charge in [0.1, 0.15) is 0 Å². The number of amides is 1. The number of likely N-dealkylation sites (tertiary alicyclic amines) is 1. The second-order valence-corrected chi connectivity index (χ2v) is 4.87. The summed E-state index contributed by atoms with van der Waals surface area (Å²) in [5, 5.41) is 4.08. The molecule has 0 saturated carbocycles. The SMILES string of the molecule is CC[C@@H]1CCCCN1C(=O)/C=C\c1cnn(C)c1. The van der Waals surface area contributed by atoms with Crippen molar-refractivity contribution in [3.05, 3.63) is 24.0 Å². The number of carbonyl (C=O) groups is 1. The molecular formula is C14H21N3O. The normalized spacial score (nSPS) is 20.6. The van der Waals surface area contributed by atoms with E-state index in [1.54, 1.807) is 17.0 Å². The second kappa shape index (κ2) is 5.85. The highest BCUT2D eigenvalue weighted by molar-refractivity contribution is 5.92. The molecule has 0 aromatic carbocycles. The first-order valence-electron chi connectivity index (χ1n) is 6.68. The Hall–Kier alpha value is -1.58. The lowest BCUT2D eigenvalue weighted by Crippen LogP contribution is -2.42. The molecule has 1 aromatic heterocycles. The third-order valence-electron chi connectivity index (χ3n) is 3.52. The van der Waals surface area contributed by atoms with E-state index in [-0.39, 0.29) is 5.91 Å². The maximum atomic E-state index is 12.2. The number of piperidine rings is 1. The van der Waals surface area contributed by atoms with E-state index in [9.17, 15) is 4.79 Å². The molecular weight excluding hydrogens is 226 g/mol. The molecule has 1 aromatic rings. The third-order valence-corrected chi connectivity index (χ3v) is 3.52. The van der Waals surface area contributed by atoms with E-state index in [1.165, 1.54) is 6.42 Å². The summed E-state index contributed by atoms with van der Waals surface area (Å²) in [6.45, 7) is 3.05. The van der Waals surface area contributed by atoms with Gasteiger partial charge in [0.05, 0.1) is 6.20 Å². The third kappa shape index (κ3) is 3.00. The van der Waals surface area contributed by atoms with E-state index in [0.717, 1.165) is 31.4 Å². The van der Waals surface area contributed by atoms with Crippen molar-refractivity contribution in [1.82, 2.24) is 14.7 Å². The summed E-state index contributed by atoms with van der Waals surface area (Å²) in [5.74, 6) is 0.130. The van der Waals surface area contributed by atoms with Gasteiger partial charge >= 0.3 is 0 Å². The highest BCUT2D eigenvalue weighted by Crippen LogP contribution is 2.19. The Balaban J connectivity index is 2.00. The van der Waals surface area contributed by atoms with Gasteiger partial charge in [-0.25, -0.2) is 0 Å². The minimum Gasteiger partial charge on any atom is -0.336 e. The number of aryl methyl sites for hydroxylation is 1. The lowest BCUT2D eigenvalue weighted by molar-refractivity contribution is -0.129. The van der Waals surface area contributed by atoms with Crippen molar-refractivity contribution < 1.29 is 4.79 Å². The van der Waals surface area contributed by atoms with E-state index in [1.807, 2.05) is 24.2 Å². The van der Waals surface area contributed by atoms with Crippen molar-refractivity contribution in [1.29, 1.82) is 0 Å². The molecule has 1 aliphatic rings. The van der Waals surface area contributed by atoms with Gasteiger partial charge in [-0.15, -0.1) is 0 Å². The van der Waals surface area contributed by atoms with Crippen molar-refractivity contribution in [2.75, 3.05) is 6.54 Å².